The fraction of sp³-hybridized carbons (Fsp3) is 0.905. The number of rotatable bonds is 16. The molecule has 1 amide bonds. The molecule has 0 saturated heterocycles. The van der Waals surface area contributed by atoms with Crippen LogP contribution in [0.4, 0.5) is 4.79 Å². The summed E-state index contributed by atoms with van der Waals surface area (Å²) in [5.41, 5.74) is 0. The van der Waals surface area contributed by atoms with Crippen LogP contribution in [0.1, 0.15) is 97.8 Å². The third-order valence-corrected chi connectivity index (χ3v) is 4.68. The molecule has 0 radical (unpaired) electrons. The van der Waals surface area contributed by atoms with Gasteiger partial charge < -0.3 is 9.47 Å². The van der Waals surface area contributed by atoms with Gasteiger partial charge in [-0.15, -0.1) is 0 Å². The van der Waals surface area contributed by atoms with Gasteiger partial charge in [0.15, 0.2) is 0 Å². The molecular formula is C21H41NO4. The van der Waals surface area contributed by atoms with Gasteiger partial charge in [0.1, 0.15) is 6.04 Å². The molecule has 0 fully saturated rings. The SMILES string of the molecule is CCCCCCCCOC(=O)C(C)N(C)C(=O)OCCCCCCCC. The maximum Gasteiger partial charge on any atom is 0.410 e. The lowest BCUT2D eigenvalue weighted by atomic mass is 10.1. The molecule has 0 N–H and O–H groups in total. The topological polar surface area (TPSA) is 55.8 Å². The number of nitrogens with zero attached hydrogens (tertiary/aromatic N) is 1. The first kappa shape index (κ1) is 24.7. The first-order chi connectivity index (χ1) is 12.5. The van der Waals surface area contributed by atoms with Crippen molar-refractivity contribution in [2.75, 3.05) is 20.3 Å². The van der Waals surface area contributed by atoms with Crippen molar-refractivity contribution < 1.29 is 19.1 Å². The van der Waals surface area contributed by atoms with E-state index in [2.05, 4.69) is 13.8 Å². The Hall–Kier alpha value is -1.26. The van der Waals surface area contributed by atoms with Crippen molar-refractivity contribution in [3.63, 3.8) is 0 Å². The maximum absolute atomic E-state index is 12.0. The van der Waals surface area contributed by atoms with Gasteiger partial charge in [0, 0.05) is 7.05 Å². The minimum Gasteiger partial charge on any atom is -0.464 e. The highest BCUT2D eigenvalue weighted by atomic mass is 16.6. The largest absolute Gasteiger partial charge is 0.464 e. The van der Waals surface area contributed by atoms with Gasteiger partial charge in [-0.1, -0.05) is 78.1 Å². The monoisotopic (exact) mass is 371 g/mol. The second kappa shape index (κ2) is 17.2. The molecule has 0 spiro atoms. The smallest absolute Gasteiger partial charge is 0.410 e. The first-order valence-electron chi connectivity index (χ1n) is 10.6. The molecule has 0 aromatic carbocycles. The minimum atomic E-state index is -0.618. The zero-order valence-corrected chi connectivity index (χ0v) is 17.6. The van der Waals surface area contributed by atoms with Crippen LogP contribution in [0.3, 0.4) is 0 Å². The highest BCUT2D eigenvalue weighted by Crippen LogP contribution is 2.08. The van der Waals surface area contributed by atoms with Gasteiger partial charge in [-0.25, -0.2) is 9.59 Å². The average molecular weight is 372 g/mol. The molecule has 0 saturated carbocycles. The van der Waals surface area contributed by atoms with Crippen molar-refractivity contribution >= 4 is 12.1 Å². The number of unbranched alkanes of at least 4 members (excludes halogenated alkanes) is 10. The second-order valence-electron chi connectivity index (χ2n) is 7.10. The van der Waals surface area contributed by atoms with Crippen LogP contribution in [-0.4, -0.2) is 43.3 Å². The van der Waals surface area contributed by atoms with Crippen LogP contribution in [0.2, 0.25) is 0 Å². The van der Waals surface area contributed by atoms with E-state index < -0.39 is 12.1 Å². The van der Waals surface area contributed by atoms with Gasteiger partial charge in [0.05, 0.1) is 13.2 Å². The van der Waals surface area contributed by atoms with Gasteiger partial charge in [0.25, 0.3) is 0 Å². The minimum absolute atomic E-state index is 0.363. The average Bonchev–Trinajstić information content (AvgIpc) is 2.64. The van der Waals surface area contributed by atoms with Crippen molar-refractivity contribution in [3.8, 4) is 0 Å². The summed E-state index contributed by atoms with van der Waals surface area (Å²) in [7, 11) is 1.58. The summed E-state index contributed by atoms with van der Waals surface area (Å²) in [5.74, 6) is -0.363. The van der Waals surface area contributed by atoms with Gasteiger partial charge in [0.2, 0.25) is 0 Å². The number of esters is 1. The third-order valence-electron chi connectivity index (χ3n) is 4.68. The molecule has 0 aromatic rings. The molecule has 0 aliphatic rings. The van der Waals surface area contributed by atoms with E-state index in [1.165, 1.54) is 56.3 Å². The molecule has 1 unspecified atom stereocenters. The van der Waals surface area contributed by atoms with Gasteiger partial charge >= 0.3 is 12.1 Å². The van der Waals surface area contributed by atoms with E-state index in [4.69, 9.17) is 9.47 Å². The number of carbonyl (C=O) groups excluding carboxylic acids is 2. The van der Waals surface area contributed by atoms with Crippen molar-refractivity contribution in [1.82, 2.24) is 4.90 Å². The highest BCUT2D eigenvalue weighted by Gasteiger charge is 2.24. The lowest BCUT2D eigenvalue weighted by molar-refractivity contribution is -0.148. The molecule has 0 heterocycles. The van der Waals surface area contributed by atoms with Crippen LogP contribution in [-0.2, 0) is 14.3 Å². The van der Waals surface area contributed by atoms with E-state index in [0.29, 0.717) is 13.2 Å². The molecular weight excluding hydrogens is 330 g/mol. The second-order valence-corrected chi connectivity index (χ2v) is 7.10. The van der Waals surface area contributed by atoms with E-state index in [1.807, 2.05) is 0 Å². The zero-order valence-electron chi connectivity index (χ0n) is 17.6. The van der Waals surface area contributed by atoms with Gasteiger partial charge in [-0.05, 0) is 19.8 Å². The number of carbonyl (C=O) groups is 2. The summed E-state index contributed by atoms with van der Waals surface area (Å²) in [5, 5.41) is 0. The summed E-state index contributed by atoms with van der Waals surface area (Å²) in [6.45, 7) is 6.90. The Bertz CT molecular complexity index is 326. The van der Waals surface area contributed by atoms with Crippen molar-refractivity contribution in [2.45, 2.75) is 104 Å². The van der Waals surface area contributed by atoms with E-state index in [9.17, 15) is 9.59 Å². The molecule has 26 heavy (non-hydrogen) atoms. The highest BCUT2D eigenvalue weighted by molar-refractivity contribution is 5.80. The predicted octanol–water partition coefficient (Wildman–Crippen LogP) is 5.71. The van der Waals surface area contributed by atoms with E-state index >= 15 is 0 Å². The molecule has 5 heteroatoms. The van der Waals surface area contributed by atoms with Crippen LogP contribution < -0.4 is 0 Å². The normalized spacial score (nSPS) is 11.8. The summed E-state index contributed by atoms with van der Waals surface area (Å²) in [4.78, 5) is 25.3. The van der Waals surface area contributed by atoms with Crippen LogP contribution in [0.25, 0.3) is 0 Å². The Morgan fingerprint density at radius 3 is 1.65 bits per heavy atom. The Kier molecular flexibility index (Phi) is 16.3. The Labute approximate surface area is 160 Å². The van der Waals surface area contributed by atoms with E-state index in [-0.39, 0.29) is 5.97 Å². The Morgan fingerprint density at radius 2 is 1.15 bits per heavy atom. The summed E-state index contributed by atoms with van der Waals surface area (Å²) in [6, 6.07) is -0.618. The molecule has 5 nitrogen and oxygen atoms in total. The molecule has 0 aliphatic carbocycles. The van der Waals surface area contributed by atoms with Crippen LogP contribution in [0.15, 0.2) is 0 Å². The molecule has 0 bridgehead atoms. The quantitative estimate of drug-likeness (QED) is 0.258. The summed E-state index contributed by atoms with van der Waals surface area (Å²) in [6.07, 6.45) is 13.3. The number of ether oxygens (including phenoxy) is 2. The van der Waals surface area contributed by atoms with Gasteiger partial charge in [-0.2, -0.15) is 0 Å². The fourth-order valence-corrected chi connectivity index (χ4v) is 2.64. The molecule has 0 aliphatic heterocycles. The lowest BCUT2D eigenvalue weighted by Gasteiger charge is -2.22. The summed E-state index contributed by atoms with van der Waals surface area (Å²) < 4.78 is 10.5. The van der Waals surface area contributed by atoms with E-state index in [0.717, 1.165) is 25.7 Å². The molecule has 0 aromatic heterocycles. The number of hydrogen-bond donors (Lipinski definition) is 0. The molecule has 1 atom stereocenters. The molecule has 0 rings (SSSR count). The number of hydrogen-bond acceptors (Lipinski definition) is 4. The van der Waals surface area contributed by atoms with Crippen molar-refractivity contribution in [1.29, 1.82) is 0 Å². The van der Waals surface area contributed by atoms with E-state index in [1.54, 1.807) is 14.0 Å². The maximum atomic E-state index is 12.0. The standard InChI is InChI=1S/C21H41NO4/c1-5-7-9-11-13-15-17-25-20(23)19(3)22(4)21(24)26-18-16-14-12-10-8-6-2/h19H,5-18H2,1-4H3. The number of amides is 1. The predicted molar refractivity (Wildman–Crippen MR) is 106 cm³/mol. The Balaban J connectivity index is 3.78. The molecule has 154 valence electrons. The lowest BCUT2D eigenvalue weighted by Crippen LogP contribution is -2.41. The van der Waals surface area contributed by atoms with Gasteiger partial charge in [-0.3, -0.25) is 4.90 Å². The Morgan fingerprint density at radius 1 is 0.731 bits per heavy atom. The van der Waals surface area contributed by atoms with Crippen LogP contribution in [0.5, 0.6) is 0 Å². The fourth-order valence-electron chi connectivity index (χ4n) is 2.64. The van der Waals surface area contributed by atoms with Crippen molar-refractivity contribution in [2.24, 2.45) is 0 Å². The number of likely N-dealkylation sites (N-methyl/N-ethyl adjacent to an activating group) is 1. The van der Waals surface area contributed by atoms with Crippen LogP contribution >= 0.6 is 0 Å². The first-order valence-corrected chi connectivity index (χ1v) is 10.6. The van der Waals surface area contributed by atoms with Crippen molar-refractivity contribution in [3.05, 3.63) is 0 Å². The third kappa shape index (κ3) is 13.0. The van der Waals surface area contributed by atoms with Crippen LogP contribution in [0, 0.1) is 0 Å². The zero-order chi connectivity index (χ0) is 19.6. The summed E-state index contributed by atoms with van der Waals surface area (Å²) >= 11 is 0.